The summed E-state index contributed by atoms with van der Waals surface area (Å²) in [6.07, 6.45) is 0. The molecule has 2 aromatic carbocycles. The van der Waals surface area contributed by atoms with Crippen molar-refractivity contribution in [3.05, 3.63) is 76.7 Å². The molecule has 1 N–H and O–H groups in total. The number of rotatable bonds is 5. The lowest BCUT2D eigenvalue weighted by atomic mass is 9.87. The first-order valence-electron chi connectivity index (χ1n) is 11.9. The highest BCUT2D eigenvalue weighted by atomic mass is 32.2. The number of thioether (sulfide) groups is 1. The Labute approximate surface area is 218 Å². The summed E-state index contributed by atoms with van der Waals surface area (Å²) in [6, 6.07) is 8.84. The van der Waals surface area contributed by atoms with Crippen LogP contribution in [0.5, 0.6) is 0 Å². The summed E-state index contributed by atoms with van der Waals surface area (Å²) in [4.78, 5) is 27.7. The molecule has 1 aromatic heterocycles. The second-order valence-corrected chi connectivity index (χ2v) is 11.4. The lowest BCUT2D eigenvalue weighted by Gasteiger charge is -2.25. The maximum Gasteiger partial charge on any atom is 0.240 e. The minimum Gasteiger partial charge on any atom is -0.352 e. The summed E-state index contributed by atoms with van der Waals surface area (Å²) in [5, 5.41) is 6.94. The Balaban J connectivity index is 2.02. The number of nitrogens with zero attached hydrogens (tertiary/aromatic N) is 3. The van der Waals surface area contributed by atoms with E-state index in [0.29, 0.717) is 22.8 Å². The third-order valence-corrected chi connectivity index (χ3v) is 7.10. The first kappa shape index (κ1) is 26.8. The molecule has 1 aliphatic heterocycles. The van der Waals surface area contributed by atoms with Gasteiger partial charge >= 0.3 is 0 Å². The molecule has 0 unspecified atom stereocenters. The molecule has 0 radical (unpaired) electrons. The lowest BCUT2D eigenvalue weighted by molar-refractivity contribution is -0.123. The molecule has 0 aliphatic carbocycles. The molecule has 10 heteroatoms. The van der Waals surface area contributed by atoms with Crippen molar-refractivity contribution in [2.24, 2.45) is 0 Å². The molecule has 1 atom stereocenters. The Morgan fingerprint density at radius 3 is 2.35 bits per heavy atom. The van der Waals surface area contributed by atoms with Crippen molar-refractivity contribution in [2.45, 2.75) is 51.3 Å². The second-order valence-electron chi connectivity index (χ2n) is 10.3. The highest BCUT2D eigenvalue weighted by Gasteiger charge is 2.40. The van der Waals surface area contributed by atoms with E-state index < -0.39 is 28.1 Å². The predicted octanol–water partition coefficient (Wildman–Crippen LogP) is 5.28. The van der Waals surface area contributed by atoms with Gasteiger partial charge in [0, 0.05) is 28.7 Å². The second kappa shape index (κ2) is 10.2. The zero-order valence-corrected chi connectivity index (χ0v) is 22.1. The Hall–Kier alpha value is -3.27. The summed E-state index contributed by atoms with van der Waals surface area (Å²) in [5.41, 5.74) is 1.26. The molecule has 6 nitrogen and oxygen atoms in total. The Morgan fingerprint density at radius 1 is 1.11 bits per heavy atom. The Bertz CT molecular complexity index is 1330. The van der Waals surface area contributed by atoms with Gasteiger partial charge in [-0.2, -0.15) is 5.10 Å². The van der Waals surface area contributed by atoms with Gasteiger partial charge in [-0.05, 0) is 44.2 Å². The minimum absolute atomic E-state index is 0.0435. The van der Waals surface area contributed by atoms with Crippen molar-refractivity contribution in [1.29, 1.82) is 0 Å². The van der Waals surface area contributed by atoms with E-state index in [1.165, 1.54) is 57.7 Å². The van der Waals surface area contributed by atoms with Crippen LogP contribution in [0.15, 0.2) is 42.5 Å². The molecule has 4 rings (SSSR count). The number of carbonyl (C=O) groups is 2. The van der Waals surface area contributed by atoms with Gasteiger partial charge in [0.1, 0.15) is 29.8 Å². The smallest absolute Gasteiger partial charge is 0.240 e. The average molecular weight is 531 g/mol. The maximum absolute atomic E-state index is 15.1. The fourth-order valence-electron chi connectivity index (χ4n) is 4.31. The van der Waals surface area contributed by atoms with E-state index in [1.807, 2.05) is 34.6 Å². The van der Waals surface area contributed by atoms with Crippen LogP contribution in [-0.2, 0) is 15.0 Å². The molecule has 0 saturated carbocycles. The van der Waals surface area contributed by atoms with Crippen molar-refractivity contribution >= 4 is 29.4 Å². The molecule has 2 amide bonds. The average Bonchev–Trinajstić information content (AvgIpc) is 3.13. The summed E-state index contributed by atoms with van der Waals surface area (Å²) in [6.45, 7) is 9.18. The highest BCUT2D eigenvalue weighted by molar-refractivity contribution is 8.00. The zero-order chi connectivity index (χ0) is 27.1. The molecule has 0 saturated heterocycles. The third kappa shape index (κ3) is 5.53. The first-order chi connectivity index (χ1) is 17.4. The van der Waals surface area contributed by atoms with Gasteiger partial charge < -0.3 is 5.32 Å². The summed E-state index contributed by atoms with van der Waals surface area (Å²) in [5.74, 6) is -2.35. The number of hydrogen-bond acceptors (Lipinski definition) is 4. The van der Waals surface area contributed by atoms with Crippen LogP contribution in [0.4, 0.5) is 19.0 Å². The SMILES string of the molecule is CC(C)NC(=O)CN1C(=O)CS[C@@H](c2ccc(F)cc2F)c2c(C(C)(C)C)nn(-c3ccc(F)cc3)c21. The minimum atomic E-state index is -0.740. The molecule has 37 heavy (non-hydrogen) atoms. The normalized spacial score (nSPS) is 16.1. The van der Waals surface area contributed by atoms with E-state index in [1.54, 1.807) is 0 Å². The molecular formula is C27H29F3N4O2S. The van der Waals surface area contributed by atoms with Crippen LogP contribution in [0.25, 0.3) is 5.69 Å². The number of benzene rings is 2. The van der Waals surface area contributed by atoms with E-state index in [2.05, 4.69) is 5.32 Å². The number of aromatic nitrogens is 2. The topological polar surface area (TPSA) is 67.2 Å². The van der Waals surface area contributed by atoms with Crippen molar-refractivity contribution in [1.82, 2.24) is 15.1 Å². The zero-order valence-electron chi connectivity index (χ0n) is 21.3. The number of halogens is 3. The number of amides is 2. The van der Waals surface area contributed by atoms with Crippen LogP contribution in [0.3, 0.4) is 0 Å². The lowest BCUT2D eigenvalue weighted by Crippen LogP contribution is -2.44. The molecule has 2 heterocycles. The number of carbonyl (C=O) groups excluding carboxylic acids is 2. The van der Waals surface area contributed by atoms with Gasteiger partial charge in [-0.15, -0.1) is 11.8 Å². The molecule has 0 fully saturated rings. The molecule has 0 spiro atoms. The first-order valence-corrected chi connectivity index (χ1v) is 13.0. The van der Waals surface area contributed by atoms with E-state index in [0.717, 1.165) is 6.07 Å². The van der Waals surface area contributed by atoms with Gasteiger partial charge in [-0.1, -0.05) is 26.8 Å². The van der Waals surface area contributed by atoms with Gasteiger partial charge in [-0.3, -0.25) is 14.5 Å². The quantitative estimate of drug-likeness (QED) is 0.488. The van der Waals surface area contributed by atoms with Gasteiger partial charge in [0.25, 0.3) is 0 Å². The van der Waals surface area contributed by atoms with Gasteiger partial charge in [0.2, 0.25) is 11.8 Å². The number of anilines is 1. The fourth-order valence-corrected chi connectivity index (χ4v) is 5.53. The van der Waals surface area contributed by atoms with Crippen LogP contribution >= 0.6 is 11.8 Å². The van der Waals surface area contributed by atoms with Gasteiger partial charge in [0.15, 0.2) is 0 Å². The van der Waals surface area contributed by atoms with Crippen LogP contribution in [0.1, 0.15) is 56.7 Å². The van der Waals surface area contributed by atoms with Crippen molar-refractivity contribution in [2.75, 3.05) is 17.2 Å². The standard InChI is InChI=1S/C27H29F3N4O2S/c1-15(2)31-21(35)13-33-22(36)14-37-24(19-11-8-17(29)12-20(19)30)23-25(27(3,4)5)32-34(26(23)33)18-9-6-16(28)7-10-18/h6-12,15,24H,13-14H2,1-5H3,(H,31,35)/t24-/m0/s1. The molecular weight excluding hydrogens is 501 g/mol. The Kier molecular flexibility index (Phi) is 7.41. The summed E-state index contributed by atoms with van der Waals surface area (Å²) < 4.78 is 44.2. The molecule has 196 valence electrons. The monoisotopic (exact) mass is 530 g/mol. The largest absolute Gasteiger partial charge is 0.352 e. The van der Waals surface area contributed by atoms with Crippen LogP contribution < -0.4 is 10.2 Å². The van der Waals surface area contributed by atoms with E-state index in [9.17, 15) is 18.4 Å². The van der Waals surface area contributed by atoms with E-state index in [4.69, 9.17) is 5.10 Å². The van der Waals surface area contributed by atoms with Crippen LogP contribution in [0, 0.1) is 17.5 Å². The maximum atomic E-state index is 15.1. The number of fused-ring (bicyclic) bond motifs is 1. The van der Waals surface area contributed by atoms with Crippen molar-refractivity contribution in [3.8, 4) is 5.69 Å². The highest BCUT2D eigenvalue weighted by Crippen LogP contribution is 2.49. The van der Waals surface area contributed by atoms with Gasteiger partial charge in [0.05, 0.1) is 22.4 Å². The van der Waals surface area contributed by atoms with E-state index in [-0.39, 0.29) is 35.7 Å². The molecule has 1 aliphatic rings. The van der Waals surface area contributed by atoms with Gasteiger partial charge in [-0.25, -0.2) is 17.9 Å². The number of nitrogens with one attached hydrogen (secondary N) is 1. The molecule has 3 aromatic rings. The van der Waals surface area contributed by atoms with Crippen LogP contribution in [0.2, 0.25) is 0 Å². The van der Waals surface area contributed by atoms with Crippen molar-refractivity contribution in [3.63, 3.8) is 0 Å². The fraction of sp³-hybridized carbons (Fsp3) is 0.370. The number of hydrogen-bond donors (Lipinski definition) is 1. The Morgan fingerprint density at radius 2 is 1.76 bits per heavy atom. The van der Waals surface area contributed by atoms with Crippen molar-refractivity contribution < 1.29 is 22.8 Å². The van der Waals surface area contributed by atoms with E-state index >= 15 is 4.39 Å². The molecule has 0 bridgehead atoms. The third-order valence-electron chi connectivity index (χ3n) is 5.87. The summed E-state index contributed by atoms with van der Waals surface area (Å²) in [7, 11) is 0. The van der Waals surface area contributed by atoms with Crippen LogP contribution in [-0.4, -0.2) is 39.9 Å². The predicted molar refractivity (Wildman–Crippen MR) is 139 cm³/mol. The summed E-state index contributed by atoms with van der Waals surface area (Å²) >= 11 is 1.20.